The Morgan fingerprint density at radius 2 is 1.73 bits per heavy atom. The summed E-state index contributed by atoms with van der Waals surface area (Å²) in [7, 11) is 1.25. The van der Waals surface area contributed by atoms with E-state index in [1.54, 1.807) is 18.2 Å². The number of anilines is 1. The van der Waals surface area contributed by atoms with Crippen LogP contribution in [0, 0.1) is 6.92 Å². The fourth-order valence-electron chi connectivity index (χ4n) is 4.46. The predicted octanol–water partition coefficient (Wildman–Crippen LogP) is 5.94. The molecule has 1 aliphatic rings. The zero-order chi connectivity index (χ0) is 28.4. The first-order valence-electron chi connectivity index (χ1n) is 12.3. The number of ether oxygens (including phenoxy) is 2. The molecular weight excluding hydrogens is 576 g/mol. The highest BCUT2D eigenvalue weighted by Gasteiger charge is 2.37. The number of barbiturate groups is 1. The molecule has 5 rings (SSSR count). The van der Waals surface area contributed by atoms with E-state index in [-0.39, 0.29) is 23.4 Å². The number of hydrogen-bond acceptors (Lipinski definition) is 6. The molecule has 1 aliphatic heterocycles. The number of nitrogens with zero attached hydrogens (tertiary/aromatic N) is 1. The summed E-state index contributed by atoms with van der Waals surface area (Å²) >= 11 is 3.44. The molecule has 40 heavy (non-hydrogen) atoms. The van der Waals surface area contributed by atoms with Crippen LogP contribution in [-0.4, -0.2) is 30.9 Å². The number of urea groups is 1. The minimum absolute atomic E-state index is 0.186. The number of aryl methyl sites for hydroxylation is 1. The van der Waals surface area contributed by atoms with Gasteiger partial charge in [0, 0.05) is 15.6 Å². The van der Waals surface area contributed by atoms with Crippen LogP contribution in [-0.2, 0) is 20.9 Å². The second kappa shape index (κ2) is 11.2. The lowest BCUT2D eigenvalue weighted by molar-refractivity contribution is -0.122. The molecule has 4 aromatic carbocycles. The average molecular weight is 599 g/mol. The summed E-state index contributed by atoms with van der Waals surface area (Å²) in [6, 6.07) is 22.2. The van der Waals surface area contributed by atoms with Crippen molar-refractivity contribution in [2.24, 2.45) is 0 Å². The number of benzene rings is 4. The molecule has 4 aromatic rings. The van der Waals surface area contributed by atoms with Gasteiger partial charge in [-0.05, 0) is 71.8 Å². The molecule has 0 saturated carbocycles. The predicted molar refractivity (Wildman–Crippen MR) is 154 cm³/mol. The van der Waals surface area contributed by atoms with E-state index < -0.39 is 23.8 Å². The number of fused-ring (bicyclic) bond motifs is 1. The molecule has 0 aliphatic carbocycles. The van der Waals surface area contributed by atoms with Crippen LogP contribution in [0.1, 0.15) is 27.0 Å². The van der Waals surface area contributed by atoms with Crippen molar-refractivity contribution in [1.82, 2.24) is 5.32 Å². The van der Waals surface area contributed by atoms with Crippen LogP contribution in [0.4, 0.5) is 10.5 Å². The monoisotopic (exact) mass is 598 g/mol. The second-order valence-corrected chi connectivity index (χ2v) is 9.96. The molecule has 0 spiro atoms. The third kappa shape index (κ3) is 5.23. The fourth-order valence-corrected chi connectivity index (χ4v) is 4.84. The van der Waals surface area contributed by atoms with E-state index in [4.69, 9.17) is 4.74 Å². The molecule has 0 radical (unpaired) electrons. The van der Waals surface area contributed by atoms with Gasteiger partial charge in [-0.15, -0.1) is 0 Å². The highest BCUT2D eigenvalue weighted by Crippen LogP contribution is 2.30. The SMILES string of the molecule is COC(=O)c1ccc(N2C(=O)NC(=O)/C(=C\c3cc(Br)ccc3OCc3c(C)ccc4ccccc34)C2=O)cc1. The summed E-state index contributed by atoms with van der Waals surface area (Å²) in [5.74, 6) is -1.74. The molecule has 1 saturated heterocycles. The van der Waals surface area contributed by atoms with Crippen LogP contribution in [0.5, 0.6) is 5.75 Å². The Morgan fingerprint density at radius 3 is 2.48 bits per heavy atom. The van der Waals surface area contributed by atoms with Crippen molar-refractivity contribution in [1.29, 1.82) is 0 Å². The smallest absolute Gasteiger partial charge is 0.337 e. The van der Waals surface area contributed by atoms with Gasteiger partial charge in [-0.1, -0.05) is 52.3 Å². The fraction of sp³-hybridized carbons (Fsp3) is 0.0968. The lowest BCUT2D eigenvalue weighted by atomic mass is 10.0. The molecule has 9 heteroatoms. The Hall–Kier alpha value is -4.76. The number of halogens is 1. The van der Waals surface area contributed by atoms with Gasteiger partial charge in [0.1, 0.15) is 17.9 Å². The Morgan fingerprint density at radius 1 is 0.975 bits per heavy atom. The van der Waals surface area contributed by atoms with Gasteiger partial charge in [-0.25, -0.2) is 14.5 Å². The van der Waals surface area contributed by atoms with Crippen LogP contribution in [0.2, 0.25) is 0 Å². The molecule has 0 atom stereocenters. The first-order chi connectivity index (χ1) is 19.3. The highest BCUT2D eigenvalue weighted by atomic mass is 79.9. The molecule has 1 heterocycles. The van der Waals surface area contributed by atoms with E-state index in [0.717, 1.165) is 26.8 Å². The van der Waals surface area contributed by atoms with Crippen molar-refractivity contribution in [3.8, 4) is 5.75 Å². The van der Waals surface area contributed by atoms with Gasteiger partial charge in [0.15, 0.2) is 0 Å². The maximum Gasteiger partial charge on any atom is 0.337 e. The Labute approximate surface area is 238 Å². The van der Waals surface area contributed by atoms with Gasteiger partial charge in [-0.2, -0.15) is 0 Å². The number of nitrogens with one attached hydrogen (secondary N) is 1. The summed E-state index contributed by atoms with van der Waals surface area (Å²) < 4.78 is 11.6. The van der Waals surface area contributed by atoms with Crippen molar-refractivity contribution in [2.45, 2.75) is 13.5 Å². The first kappa shape index (κ1) is 26.8. The normalized spacial score (nSPS) is 14.4. The van der Waals surface area contributed by atoms with E-state index in [0.29, 0.717) is 15.8 Å². The molecule has 0 unspecified atom stereocenters. The van der Waals surface area contributed by atoms with Crippen molar-refractivity contribution < 1.29 is 28.7 Å². The van der Waals surface area contributed by atoms with E-state index in [1.807, 2.05) is 37.3 Å². The number of methoxy groups -OCH3 is 1. The average Bonchev–Trinajstić information content (AvgIpc) is 2.95. The number of hydrogen-bond donors (Lipinski definition) is 1. The molecular formula is C31H23BrN2O6. The number of esters is 1. The topological polar surface area (TPSA) is 102 Å². The summed E-state index contributed by atoms with van der Waals surface area (Å²) in [6.07, 6.45) is 1.40. The lowest BCUT2D eigenvalue weighted by Gasteiger charge is -2.26. The quantitative estimate of drug-likeness (QED) is 0.167. The molecule has 1 N–H and O–H groups in total. The van der Waals surface area contributed by atoms with E-state index in [1.165, 1.54) is 37.5 Å². The minimum Gasteiger partial charge on any atom is -0.488 e. The van der Waals surface area contributed by atoms with Gasteiger partial charge in [0.2, 0.25) is 0 Å². The Kier molecular flexibility index (Phi) is 7.48. The second-order valence-electron chi connectivity index (χ2n) is 9.05. The van der Waals surface area contributed by atoms with E-state index >= 15 is 0 Å². The molecule has 4 amide bonds. The largest absolute Gasteiger partial charge is 0.488 e. The zero-order valence-electron chi connectivity index (χ0n) is 21.6. The number of imide groups is 2. The van der Waals surface area contributed by atoms with E-state index in [2.05, 4.69) is 32.0 Å². The molecule has 0 bridgehead atoms. The minimum atomic E-state index is -0.893. The van der Waals surface area contributed by atoms with Gasteiger partial charge >= 0.3 is 12.0 Å². The summed E-state index contributed by atoms with van der Waals surface area (Å²) in [5, 5.41) is 4.38. The van der Waals surface area contributed by atoms with Crippen LogP contribution < -0.4 is 15.0 Å². The zero-order valence-corrected chi connectivity index (χ0v) is 23.2. The van der Waals surface area contributed by atoms with Crippen LogP contribution in [0.25, 0.3) is 16.8 Å². The number of carbonyl (C=O) groups is 4. The number of rotatable bonds is 6. The number of carbonyl (C=O) groups excluding carboxylic acids is 4. The molecule has 8 nitrogen and oxygen atoms in total. The summed E-state index contributed by atoms with van der Waals surface area (Å²) in [5.41, 5.74) is 2.76. The van der Waals surface area contributed by atoms with Gasteiger partial charge in [0.25, 0.3) is 11.8 Å². The molecule has 1 fully saturated rings. The van der Waals surface area contributed by atoms with Crippen molar-refractivity contribution >= 4 is 62.3 Å². The van der Waals surface area contributed by atoms with Crippen LogP contribution >= 0.6 is 15.9 Å². The van der Waals surface area contributed by atoms with Gasteiger partial charge in [-0.3, -0.25) is 14.9 Å². The third-order valence-electron chi connectivity index (χ3n) is 6.57. The van der Waals surface area contributed by atoms with Crippen molar-refractivity contribution in [2.75, 3.05) is 12.0 Å². The third-order valence-corrected chi connectivity index (χ3v) is 7.06. The van der Waals surface area contributed by atoms with Gasteiger partial charge in [0.05, 0.1) is 18.4 Å². The van der Waals surface area contributed by atoms with Crippen LogP contribution in [0.3, 0.4) is 0 Å². The van der Waals surface area contributed by atoms with Crippen molar-refractivity contribution in [3.63, 3.8) is 0 Å². The first-order valence-corrected chi connectivity index (χ1v) is 13.1. The number of amides is 4. The molecule has 200 valence electrons. The van der Waals surface area contributed by atoms with Gasteiger partial charge < -0.3 is 9.47 Å². The maximum atomic E-state index is 13.4. The molecule has 0 aromatic heterocycles. The van der Waals surface area contributed by atoms with Crippen LogP contribution in [0.15, 0.2) is 88.9 Å². The summed E-state index contributed by atoms with van der Waals surface area (Å²) in [4.78, 5) is 51.4. The Balaban J connectivity index is 1.47. The maximum absolute atomic E-state index is 13.4. The standard InChI is InChI=1S/C31H23BrN2O6/c1-18-7-8-19-5-3-4-6-24(19)26(18)17-40-27-14-11-22(32)15-21(27)16-25-28(35)33-31(38)34(29(25)36)23-12-9-20(10-13-23)30(37)39-2/h3-16H,17H2,1-2H3,(H,33,35,38)/b25-16+. The van der Waals surface area contributed by atoms with Crippen molar-refractivity contribution in [3.05, 3.63) is 111 Å². The lowest BCUT2D eigenvalue weighted by Crippen LogP contribution is -2.54. The highest BCUT2D eigenvalue weighted by molar-refractivity contribution is 9.10. The Bertz CT molecular complexity index is 1710. The van der Waals surface area contributed by atoms with E-state index in [9.17, 15) is 19.2 Å². The summed E-state index contributed by atoms with van der Waals surface area (Å²) in [6.45, 7) is 2.28.